The van der Waals surface area contributed by atoms with E-state index < -0.39 is 11.7 Å². The molecule has 1 aromatic heterocycles. The van der Waals surface area contributed by atoms with Crippen LogP contribution in [0.5, 0.6) is 5.88 Å². The molecule has 1 atom stereocenters. The average Bonchev–Trinajstić information content (AvgIpc) is 3.06. The molecule has 2 rings (SSSR count). The fraction of sp³-hybridized carbons (Fsp3) is 0.647. The van der Waals surface area contributed by atoms with Crippen LogP contribution in [0.4, 0.5) is 13.2 Å². The van der Waals surface area contributed by atoms with E-state index >= 15 is 0 Å². The van der Waals surface area contributed by atoms with E-state index in [9.17, 15) is 13.2 Å². The third-order valence-electron chi connectivity index (χ3n) is 3.99. The summed E-state index contributed by atoms with van der Waals surface area (Å²) in [7, 11) is 1.70. The van der Waals surface area contributed by atoms with Gasteiger partial charge in [-0.3, -0.25) is 0 Å². The highest BCUT2D eigenvalue weighted by atomic mass is 127. The van der Waals surface area contributed by atoms with Crippen molar-refractivity contribution in [3.05, 3.63) is 23.9 Å². The maximum absolute atomic E-state index is 12.5. The Bertz CT molecular complexity index is 585. The predicted molar refractivity (Wildman–Crippen MR) is 108 cm³/mol. The quantitative estimate of drug-likeness (QED) is 0.269. The van der Waals surface area contributed by atoms with Crippen LogP contribution in [0.2, 0.25) is 0 Å². The second-order valence-electron chi connectivity index (χ2n) is 6.02. The fourth-order valence-corrected chi connectivity index (χ4v) is 2.76. The van der Waals surface area contributed by atoms with Gasteiger partial charge in [-0.25, -0.2) is 9.98 Å². The number of aliphatic imine (C=N–C) groups is 1. The molecule has 1 aliphatic heterocycles. The molecular formula is C17H26F3IN4O2. The highest BCUT2D eigenvalue weighted by molar-refractivity contribution is 14.0. The molecule has 27 heavy (non-hydrogen) atoms. The predicted octanol–water partition coefficient (Wildman–Crippen LogP) is 3.03. The van der Waals surface area contributed by atoms with Gasteiger partial charge in [0.25, 0.3) is 0 Å². The van der Waals surface area contributed by atoms with Crippen LogP contribution in [-0.2, 0) is 10.9 Å². The molecule has 0 aromatic carbocycles. The first-order valence-corrected chi connectivity index (χ1v) is 8.62. The van der Waals surface area contributed by atoms with Crippen molar-refractivity contribution < 1.29 is 22.6 Å². The van der Waals surface area contributed by atoms with Crippen LogP contribution in [0.25, 0.3) is 0 Å². The minimum Gasteiger partial charge on any atom is -0.476 e. The van der Waals surface area contributed by atoms with Crippen LogP contribution in [0.15, 0.2) is 23.3 Å². The first kappa shape index (κ1) is 23.7. The van der Waals surface area contributed by atoms with Gasteiger partial charge in [0.1, 0.15) is 6.61 Å². The lowest BCUT2D eigenvalue weighted by molar-refractivity contribution is -0.137. The molecular weight excluding hydrogens is 476 g/mol. The van der Waals surface area contributed by atoms with Crippen molar-refractivity contribution in [3.8, 4) is 5.88 Å². The van der Waals surface area contributed by atoms with Gasteiger partial charge in [0.2, 0.25) is 5.88 Å². The van der Waals surface area contributed by atoms with Gasteiger partial charge in [0, 0.05) is 44.9 Å². The van der Waals surface area contributed by atoms with E-state index in [1.165, 1.54) is 6.07 Å². The number of guanidine groups is 1. The highest BCUT2D eigenvalue weighted by Crippen LogP contribution is 2.29. The Hall–Kier alpha value is -1.30. The summed E-state index contributed by atoms with van der Waals surface area (Å²) in [6.45, 7) is 5.92. The van der Waals surface area contributed by atoms with E-state index in [4.69, 9.17) is 9.47 Å². The van der Waals surface area contributed by atoms with Gasteiger partial charge < -0.3 is 19.7 Å². The zero-order valence-corrected chi connectivity index (χ0v) is 17.8. The minimum absolute atomic E-state index is 0. The highest BCUT2D eigenvalue weighted by Gasteiger charge is 2.30. The minimum atomic E-state index is -4.40. The number of hydrogen-bond acceptors (Lipinski definition) is 4. The normalized spacial score (nSPS) is 17.6. The smallest absolute Gasteiger partial charge is 0.417 e. The van der Waals surface area contributed by atoms with Crippen molar-refractivity contribution >= 4 is 29.9 Å². The molecule has 1 aliphatic rings. The lowest BCUT2D eigenvalue weighted by Gasteiger charge is -2.21. The number of pyridine rings is 1. The summed E-state index contributed by atoms with van der Waals surface area (Å²) in [4.78, 5) is 10.4. The van der Waals surface area contributed by atoms with Crippen molar-refractivity contribution in [2.45, 2.75) is 19.5 Å². The lowest BCUT2D eigenvalue weighted by atomic mass is 10.1. The number of rotatable bonds is 7. The first-order chi connectivity index (χ1) is 12.4. The molecule has 6 nitrogen and oxygen atoms in total. The van der Waals surface area contributed by atoms with Gasteiger partial charge in [-0.05, 0) is 19.4 Å². The van der Waals surface area contributed by atoms with E-state index in [-0.39, 0.29) is 36.5 Å². The monoisotopic (exact) mass is 502 g/mol. The van der Waals surface area contributed by atoms with Gasteiger partial charge in [0.15, 0.2) is 5.96 Å². The van der Waals surface area contributed by atoms with Gasteiger partial charge in [-0.15, -0.1) is 24.0 Å². The van der Waals surface area contributed by atoms with Gasteiger partial charge in [-0.1, -0.05) is 0 Å². The van der Waals surface area contributed by atoms with Crippen LogP contribution in [0.3, 0.4) is 0 Å². The summed E-state index contributed by atoms with van der Waals surface area (Å²) in [6.07, 6.45) is -2.57. The molecule has 1 saturated heterocycles. The van der Waals surface area contributed by atoms with Crippen LogP contribution in [-0.4, -0.2) is 62.3 Å². The summed E-state index contributed by atoms with van der Waals surface area (Å²) in [5, 5.41) is 3.25. The Morgan fingerprint density at radius 1 is 1.41 bits per heavy atom. The fourth-order valence-electron chi connectivity index (χ4n) is 2.76. The second-order valence-corrected chi connectivity index (χ2v) is 6.02. The molecule has 1 N–H and O–H groups in total. The molecule has 10 heteroatoms. The largest absolute Gasteiger partial charge is 0.476 e. The van der Waals surface area contributed by atoms with Gasteiger partial charge >= 0.3 is 6.18 Å². The molecule has 0 radical (unpaired) electrons. The number of hydrogen-bond donors (Lipinski definition) is 1. The Kier molecular flexibility index (Phi) is 10.1. The van der Waals surface area contributed by atoms with E-state index in [0.29, 0.717) is 12.5 Å². The Morgan fingerprint density at radius 3 is 2.78 bits per heavy atom. The number of alkyl halides is 3. The van der Waals surface area contributed by atoms with Crippen molar-refractivity contribution in [3.63, 3.8) is 0 Å². The lowest BCUT2D eigenvalue weighted by Crippen LogP contribution is -2.40. The Morgan fingerprint density at radius 2 is 2.19 bits per heavy atom. The topological polar surface area (TPSA) is 59.0 Å². The Balaban J connectivity index is 0.00000364. The van der Waals surface area contributed by atoms with Crippen LogP contribution in [0, 0.1) is 5.92 Å². The van der Waals surface area contributed by atoms with E-state index in [1.807, 2.05) is 6.92 Å². The third-order valence-corrected chi connectivity index (χ3v) is 3.99. The summed E-state index contributed by atoms with van der Waals surface area (Å²) < 4.78 is 48.1. The number of halogens is 4. The SMILES string of the molecule is CCNC(=NCCOc1ccc(C(F)(F)F)cn1)N1CCC(COC)C1.I. The van der Waals surface area contributed by atoms with Crippen molar-refractivity contribution in [1.82, 2.24) is 15.2 Å². The molecule has 1 aromatic rings. The molecule has 154 valence electrons. The second kappa shape index (κ2) is 11.5. The van der Waals surface area contributed by atoms with Gasteiger partial charge in [-0.2, -0.15) is 13.2 Å². The molecule has 1 fully saturated rings. The zero-order chi connectivity index (χ0) is 19.0. The van der Waals surface area contributed by atoms with Crippen LogP contribution >= 0.6 is 24.0 Å². The summed E-state index contributed by atoms with van der Waals surface area (Å²) in [6, 6.07) is 2.17. The zero-order valence-electron chi connectivity index (χ0n) is 15.5. The number of nitrogens with one attached hydrogen (secondary N) is 1. The van der Waals surface area contributed by atoms with E-state index in [0.717, 1.165) is 50.9 Å². The molecule has 0 bridgehead atoms. The average molecular weight is 502 g/mol. The van der Waals surface area contributed by atoms with E-state index in [2.05, 4.69) is 20.2 Å². The maximum Gasteiger partial charge on any atom is 0.417 e. The number of ether oxygens (including phenoxy) is 2. The third kappa shape index (κ3) is 7.68. The molecule has 0 aliphatic carbocycles. The van der Waals surface area contributed by atoms with Crippen molar-refractivity contribution in [1.29, 1.82) is 0 Å². The number of methoxy groups -OCH3 is 1. The summed E-state index contributed by atoms with van der Waals surface area (Å²) in [5.74, 6) is 1.46. The summed E-state index contributed by atoms with van der Waals surface area (Å²) in [5.41, 5.74) is -0.794. The maximum atomic E-state index is 12.5. The van der Waals surface area contributed by atoms with E-state index in [1.54, 1.807) is 7.11 Å². The number of likely N-dealkylation sites (tertiary alicyclic amines) is 1. The summed E-state index contributed by atoms with van der Waals surface area (Å²) >= 11 is 0. The standard InChI is InChI=1S/C17H25F3N4O2.HI/c1-3-21-16(24-8-6-13(11-24)12-25-2)22-7-9-26-15-5-4-14(10-23-15)17(18,19)20;/h4-5,10,13H,3,6-9,11-12H2,1-2H3,(H,21,22);1H. The molecule has 2 heterocycles. The van der Waals surface area contributed by atoms with Gasteiger partial charge in [0.05, 0.1) is 18.7 Å². The molecule has 0 amide bonds. The number of nitrogens with zero attached hydrogens (tertiary/aromatic N) is 3. The molecule has 1 unspecified atom stereocenters. The van der Waals surface area contributed by atoms with Crippen LogP contribution < -0.4 is 10.1 Å². The van der Waals surface area contributed by atoms with Crippen LogP contribution in [0.1, 0.15) is 18.9 Å². The van der Waals surface area contributed by atoms with Crippen molar-refractivity contribution in [2.75, 3.05) is 46.5 Å². The molecule has 0 spiro atoms. The number of aromatic nitrogens is 1. The molecule has 0 saturated carbocycles. The first-order valence-electron chi connectivity index (χ1n) is 8.62. The van der Waals surface area contributed by atoms with Crippen molar-refractivity contribution in [2.24, 2.45) is 10.9 Å². The Labute approximate surface area is 174 Å².